The number of halogens is 3. The topological polar surface area (TPSA) is 48.5 Å². The van der Waals surface area contributed by atoms with Crippen LogP contribution in [-0.2, 0) is 11.3 Å². The molecule has 8 heteroatoms. The molecule has 0 saturated heterocycles. The van der Waals surface area contributed by atoms with Crippen molar-refractivity contribution in [2.45, 2.75) is 19.6 Å². The molecule has 5 nitrogen and oxygen atoms in total. The van der Waals surface area contributed by atoms with E-state index >= 15 is 0 Å². The minimum Gasteiger partial charge on any atom is -0.462 e. The maximum absolute atomic E-state index is 12.4. The molecule has 2 heterocycles. The molecule has 0 bridgehead atoms. The third-order valence-electron chi connectivity index (χ3n) is 2.27. The van der Waals surface area contributed by atoms with Crippen molar-refractivity contribution in [1.82, 2.24) is 14.2 Å². The van der Waals surface area contributed by atoms with E-state index in [-0.39, 0.29) is 17.8 Å². The van der Waals surface area contributed by atoms with Crippen molar-refractivity contribution >= 4 is 11.6 Å². The standard InChI is InChI=1S/C10H10F3N3O2/c1-2-18-9(17)7-5-14-16-4-3-15(8(7)16)6-10(11,12)13/h3-5H,2,6H2,1H3. The van der Waals surface area contributed by atoms with Crippen LogP contribution in [0.1, 0.15) is 17.3 Å². The lowest BCUT2D eigenvalue weighted by Crippen LogP contribution is -2.18. The molecule has 18 heavy (non-hydrogen) atoms. The van der Waals surface area contributed by atoms with E-state index in [0.29, 0.717) is 0 Å². The molecular weight excluding hydrogens is 251 g/mol. The van der Waals surface area contributed by atoms with Gasteiger partial charge in [-0.25, -0.2) is 9.31 Å². The Bertz CT molecular complexity index is 570. The number of hydrogen-bond donors (Lipinski definition) is 0. The number of hydrogen-bond acceptors (Lipinski definition) is 3. The molecule has 0 radical (unpaired) electrons. The minimum atomic E-state index is -4.37. The molecule has 0 fully saturated rings. The fourth-order valence-corrected chi connectivity index (χ4v) is 1.64. The van der Waals surface area contributed by atoms with Gasteiger partial charge in [-0.05, 0) is 6.92 Å². The number of carbonyl (C=O) groups is 1. The molecule has 2 aromatic heterocycles. The minimum absolute atomic E-state index is 0.0195. The molecule has 0 aliphatic heterocycles. The van der Waals surface area contributed by atoms with E-state index in [0.717, 1.165) is 4.57 Å². The van der Waals surface area contributed by atoms with Gasteiger partial charge in [-0.2, -0.15) is 18.3 Å². The number of fused-ring (bicyclic) bond motifs is 1. The van der Waals surface area contributed by atoms with E-state index in [4.69, 9.17) is 4.74 Å². The fourth-order valence-electron chi connectivity index (χ4n) is 1.64. The SMILES string of the molecule is CCOC(=O)c1cnn2ccn(CC(F)(F)F)c12. The van der Waals surface area contributed by atoms with Gasteiger partial charge in [0.2, 0.25) is 0 Å². The molecule has 0 atom stereocenters. The maximum atomic E-state index is 12.4. The molecular formula is C10H10F3N3O2. The lowest BCUT2D eigenvalue weighted by Gasteiger charge is -2.08. The largest absolute Gasteiger partial charge is 0.462 e. The summed E-state index contributed by atoms with van der Waals surface area (Å²) < 4.78 is 44.0. The highest BCUT2D eigenvalue weighted by Gasteiger charge is 2.30. The van der Waals surface area contributed by atoms with Gasteiger partial charge < -0.3 is 9.30 Å². The summed E-state index contributed by atoms with van der Waals surface area (Å²) in [6.07, 6.45) is -0.599. The summed E-state index contributed by atoms with van der Waals surface area (Å²) in [4.78, 5) is 11.6. The predicted octanol–water partition coefficient (Wildman–Crippen LogP) is 1.87. The van der Waals surface area contributed by atoms with Gasteiger partial charge in [0.1, 0.15) is 12.1 Å². The fraction of sp³-hybridized carbons (Fsp3) is 0.400. The summed E-state index contributed by atoms with van der Waals surface area (Å²) in [7, 11) is 0. The van der Waals surface area contributed by atoms with Crippen LogP contribution in [0.15, 0.2) is 18.6 Å². The van der Waals surface area contributed by atoms with Crippen LogP contribution in [-0.4, -0.2) is 32.9 Å². The number of nitrogens with zero attached hydrogens (tertiary/aromatic N) is 3. The van der Waals surface area contributed by atoms with Gasteiger partial charge in [0.15, 0.2) is 5.65 Å². The van der Waals surface area contributed by atoms with Gasteiger partial charge >= 0.3 is 12.1 Å². The van der Waals surface area contributed by atoms with E-state index in [1.165, 1.54) is 23.1 Å². The summed E-state index contributed by atoms with van der Waals surface area (Å²) >= 11 is 0. The average molecular weight is 261 g/mol. The van der Waals surface area contributed by atoms with Crippen molar-refractivity contribution in [3.05, 3.63) is 24.2 Å². The number of esters is 1. The Balaban J connectivity index is 2.43. The van der Waals surface area contributed by atoms with Crippen LogP contribution in [0.3, 0.4) is 0 Å². The molecule has 2 rings (SSSR count). The molecule has 0 unspecified atom stereocenters. The van der Waals surface area contributed by atoms with Crippen molar-refractivity contribution in [1.29, 1.82) is 0 Å². The van der Waals surface area contributed by atoms with Crippen molar-refractivity contribution in [2.24, 2.45) is 0 Å². The molecule has 0 aliphatic carbocycles. The monoisotopic (exact) mass is 261 g/mol. The highest BCUT2D eigenvalue weighted by atomic mass is 19.4. The highest BCUT2D eigenvalue weighted by molar-refractivity contribution is 5.95. The zero-order chi connectivity index (χ0) is 13.3. The number of carbonyl (C=O) groups excluding carboxylic acids is 1. The summed E-state index contributed by atoms with van der Waals surface area (Å²) in [5.41, 5.74) is 0.0943. The van der Waals surface area contributed by atoms with Crippen molar-refractivity contribution < 1.29 is 22.7 Å². The summed E-state index contributed by atoms with van der Waals surface area (Å²) in [6, 6.07) is 0. The van der Waals surface area contributed by atoms with Gasteiger partial charge in [0, 0.05) is 12.4 Å². The normalized spacial score (nSPS) is 12.0. The van der Waals surface area contributed by atoms with Crippen LogP contribution in [0.2, 0.25) is 0 Å². The Kier molecular flexibility index (Phi) is 3.02. The van der Waals surface area contributed by atoms with E-state index in [9.17, 15) is 18.0 Å². The Morgan fingerprint density at radius 1 is 1.44 bits per heavy atom. The summed E-state index contributed by atoms with van der Waals surface area (Å²) in [5.74, 6) is -0.686. The van der Waals surface area contributed by atoms with E-state index in [2.05, 4.69) is 5.10 Å². The van der Waals surface area contributed by atoms with Gasteiger partial charge in [0.25, 0.3) is 0 Å². The second-order valence-electron chi connectivity index (χ2n) is 3.59. The second kappa shape index (κ2) is 4.35. The number of ether oxygens (including phenoxy) is 1. The third kappa shape index (κ3) is 2.31. The zero-order valence-electron chi connectivity index (χ0n) is 9.44. The summed E-state index contributed by atoms with van der Waals surface area (Å²) in [6.45, 7) is 0.588. The molecule has 2 aromatic rings. The number of rotatable bonds is 3. The van der Waals surface area contributed by atoms with E-state index < -0.39 is 18.7 Å². The van der Waals surface area contributed by atoms with Crippen LogP contribution in [0.4, 0.5) is 13.2 Å². The van der Waals surface area contributed by atoms with Crippen LogP contribution < -0.4 is 0 Å². The smallest absolute Gasteiger partial charge is 0.406 e. The lowest BCUT2D eigenvalue weighted by molar-refractivity contribution is -0.139. The molecule has 0 aromatic carbocycles. The van der Waals surface area contributed by atoms with Gasteiger partial charge in [-0.3, -0.25) is 0 Å². The van der Waals surface area contributed by atoms with Crippen molar-refractivity contribution in [3.8, 4) is 0 Å². The van der Waals surface area contributed by atoms with Crippen molar-refractivity contribution in [2.75, 3.05) is 6.61 Å². The highest BCUT2D eigenvalue weighted by Crippen LogP contribution is 2.21. The molecule has 0 aliphatic rings. The molecule has 0 N–H and O–H groups in total. The van der Waals surface area contributed by atoms with E-state index in [1.54, 1.807) is 6.92 Å². The third-order valence-corrected chi connectivity index (χ3v) is 2.27. The quantitative estimate of drug-likeness (QED) is 0.792. The molecule has 0 saturated carbocycles. The zero-order valence-corrected chi connectivity index (χ0v) is 9.44. The first-order valence-corrected chi connectivity index (χ1v) is 5.18. The van der Waals surface area contributed by atoms with Crippen molar-refractivity contribution in [3.63, 3.8) is 0 Å². The van der Waals surface area contributed by atoms with Crippen LogP contribution in [0, 0.1) is 0 Å². The lowest BCUT2D eigenvalue weighted by atomic mass is 10.3. The first kappa shape index (κ1) is 12.5. The Morgan fingerprint density at radius 3 is 2.78 bits per heavy atom. The van der Waals surface area contributed by atoms with Gasteiger partial charge in [0.05, 0.1) is 12.8 Å². The number of imidazole rings is 1. The predicted molar refractivity (Wildman–Crippen MR) is 55.2 cm³/mol. The average Bonchev–Trinajstić information content (AvgIpc) is 2.79. The number of alkyl halides is 3. The van der Waals surface area contributed by atoms with Gasteiger partial charge in [-0.15, -0.1) is 0 Å². The maximum Gasteiger partial charge on any atom is 0.406 e. The van der Waals surface area contributed by atoms with Crippen LogP contribution >= 0.6 is 0 Å². The first-order chi connectivity index (χ1) is 8.42. The Morgan fingerprint density at radius 2 is 2.17 bits per heavy atom. The molecule has 98 valence electrons. The number of aromatic nitrogens is 3. The van der Waals surface area contributed by atoms with E-state index in [1.807, 2.05) is 0 Å². The summed E-state index contributed by atoms with van der Waals surface area (Å²) in [5, 5.41) is 3.80. The Labute approximate surface area is 99.8 Å². The Hall–Kier alpha value is -1.99. The van der Waals surface area contributed by atoms with Crippen LogP contribution in [0.5, 0.6) is 0 Å². The van der Waals surface area contributed by atoms with Crippen LogP contribution in [0.25, 0.3) is 5.65 Å². The first-order valence-electron chi connectivity index (χ1n) is 5.18. The molecule has 0 spiro atoms. The second-order valence-corrected chi connectivity index (χ2v) is 3.59. The molecule has 0 amide bonds. The van der Waals surface area contributed by atoms with Gasteiger partial charge in [-0.1, -0.05) is 0 Å².